The third-order valence-corrected chi connectivity index (χ3v) is 2.15. The lowest BCUT2D eigenvalue weighted by atomic mass is 10.2. The molecule has 0 aromatic heterocycles. The fourth-order valence-corrected chi connectivity index (χ4v) is 1.42. The van der Waals surface area contributed by atoms with E-state index in [1.165, 1.54) is 0 Å². The van der Waals surface area contributed by atoms with Crippen molar-refractivity contribution in [2.24, 2.45) is 4.99 Å². The van der Waals surface area contributed by atoms with E-state index in [0.29, 0.717) is 0 Å². The molecule has 0 saturated heterocycles. The predicted molar refractivity (Wildman–Crippen MR) is 55.9 cm³/mol. The van der Waals surface area contributed by atoms with Crippen LogP contribution in [0.4, 0.5) is 0 Å². The predicted octanol–water partition coefficient (Wildman–Crippen LogP) is 2.09. The van der Waals surface area contributed by atoms with Crippen molar-refractivity contribution < 1.29 is 4.84 Å². The molecule has 0 saturated carbocycles. The number of aliphatic imine (C=N–C) groups is 1. The molecule has 1 aromatic rings. The minimum absolute atomic E-state index is 0.0183. The maximum Gasteiger partial charge on any atom is 0.177 e. The van der Waals surface area contributed by atoms with Crippen LogP contribution in [0.3, 0.4) is 0 Å². The van der Waals surface area contributed by atoms with Crippen molar-refractivity contribution in [2.75, 3.05) is 0 Å². The van der Waals surface area contributed by atoms with Crippen molar-refractivity contribution in [3.8, 4) is 0 Å². The molecule has 1 aliphatic heterocycles. The van der Waals surface area contributed by atoms with Gasteiger partial charge >= 0.3 is 0 Å². The van der Waals surface area contributed by atoms with Crippen LogP contribution in [0, 0.1) is 0 Å². The zero-order valence-corrected chi connectivity index (χ0v) is 8.23. The summed E-state index contributed by atoms with van der Waals surface area (Å²) in [7, 11) is 0. The second-order valence-corrected chi connectivity index (χ2v) is 3.31. The van der Waals surface area contributed by atoms with E-state index in [-0.39, 0.29) is 6.23 Å². The van der Waals surface area contributed by atoms with E-state index in [2.05, 4.69) is 17.4 Å². The average Bonchev–Trinajstić information content (AvgIpc) is 2.68. The fraction of sp³-hybridized carbons (Fsp3) is 0.364. The maximum atomic E-state index is 5.31. The van der Waals surface area contributed by atoms with Gasteiger partial charge in [0, 0.05) is 5.56 Å². The van der Waals surface area contributed by atoms with Crippen LogP contribution in [-0.4, -0.2) is 12.1 Å². The molecule has 1 unspecified atom stereocenters. The first-order chi connectivity index (χ1) is 6.90. The molecule has 1 aromatic carbocycles. The second kappa shape index (κ2) is 4.24. The van der Waals surface area contributed by atoms with Crippen LogP contribution < -0.4 is 5.48 Å². The number of hydroxylamine groups is 1. The molecule has 0 amide bonds. The Kier molecular flexibility index (Phi) is 2.79. The molecule has 1 heterocycles. The van der Waals surface area contributed by atoms with Gasteiger partial charge in [-0.2, -0.15) is 0 Å². The molecule has 0 aliphatic carbocycles. The monoisotopic (exact) mass is 190 g/mol. The molecule has 3 nitrogen and oxygen atoms in total. The minimum Gasteiger partial charge on any atom is -0.248 e. The van der Waals surface area contributed by atoms with E-state index in [4.69, 9.17) is 4.84 Å². The minimum atomic E-state index is -0.0183. The van der Waals surface area contributed by atoms with Crippen molar-refractivity contribution >= 4 is 5.84 Å². The van der Waals surface area contributed by atoms with E-state index in [1.54, 1.807) is 0 Å². The second-order valence-electron chi connectivity index (χ2n) is 3.31. The molecule has 1 atom stereocenters. The summed E-state index contributed by atoms with van der Waals surface area (Å²) >= 11 is 0. The van der Waals surface area contributed by atoms with Crippen molar-refractivity contribution in [3.05, 3.63) is 35.9 Å². The summed E-state index contributed by atoms with van der Waals surface area (Å²) in [6, 6.07) is 10.0. The maximum absolute atomic E-state index is 5.31. The van der Waals surface area contributed by atoms with Gasteiger partial charge in [-0.25, -0.2) is 15.3 Å². The van der Waals surface area contributed by atoms with E-state index < -0.39 is 0 Å². The van der Waals surface area contributed by atoms with Crippen molar-refractivity contribution in [1.29, 1.82) is 0 Å². The van der Waals surface area contributed by atoms with Gasteiger partial charge in [-0.1, -0.05) is 43.7 Å². The van der Waals surface area contributed by atoms with E-state index >= 15 is 0 Å². The van der Waals surface area contributed by atoms with Gasteiger partial charge in [-0.15, -0.1) is 0 Å². The Labute approximate surface area is 83.8 Å². The Morgan fingerprint density at radius 1 is 1.36 bits per heavy atom. The summed E-state index contributed by atoms with van der Waals surface area (Å²) < 4.78 is 0. The molecule has 1 aliphatic rings. The highest BCUT2D eigenvalue weighted by molar-refractivity contribution is 5.98. The number of amidine groups is 1. The van der Waals surface area contributed by atoms with Crippen LogP contribution >= 0.6 is 0 Å². The highest BCUT2D eigenvalue weighted by atomic mass is 16.7. The summed E-state index contributed by atoms with van der Waals surface area (Å²) in [6.45, 7) is 2.12. The van der Waals surface area contributed by atoms with Gasteiger partial charge < -0.3 is 0 Å². The molecule has 0 spiro atoms. The lowest BCUT2D eigenvalue weighted by molar-refractivity contribution is 0.0330. The van der Waals surface area contributed by atoms with Gasteiger partial charge in [0.15, 0.2) is 12.1 Å². The Morgan fingerprint density at radius 2 is 2.14 bits per heavy atom. The Balaban J connectivity index is 2.10. The first-order valence-corrected chi connectivity index (χ1v) is 4.95. The number of hydrogen-bond acceptors (Lipinski definition) is 3. The van der Waals surface area contributed by atoms with Gasteiger partial charge in [-0.3, -0.25) is 0 Å². The van der Waals surface area contributed by atoms with Crippen LogP contribution in [0.2, 0.25) is 0 Å². The Bertz CT molecular complexity index is 321. The summed E-state index contributed by atoms with van der Waals surface area (Å²) in [5.74, 6) is 0.837. The van der Waals surface area contributed by atoms with Gasteiger partial charge in [0.05, 0.1) is 0 Å². The highest BCUT2D eigenvalue weighted by Crippen LogP contribution is 2.11. The topological polar surface area (TPSA) is 33.6 Å². The number of rotatable bonds is 3. The molecule has 3 heteroatoms. The summed E-state index contributed by atoms with van der Waals surface area (Å²) in [6.07, 6.45) is 2.02. The Morgan fingerprint density at radius 3 is 2.86 bits per heavy atom. The van der Waals surface area contributed by atoms with E-state index in [9.17, 15) is 0 Å². The average molecular weight is 190 g/mol. The van der Waals surface area contributed by atoms with Gasteiger partial charge in [0.25, 0.3) is 0 Å². The Hall–Kier alpha value is -1.35. The SMILES string of the molecule is CCCC1N=C(c2ccccc2)NO1. The molecular weight excluding hydrogens is 176 g/mol. The van der Waals surface area contributed by atoms with Crippen LogP contribution in [-0.2, 0) is 4.84 Å². The summed E-state index contributed by atoms with van der Waals surface area (Å²) in [5.41, 5.74) is 3.93. The normalized spacial score (nSPS) is 20.4. The summed E-state index contributed by atoms with van der Waals surface area (Å²) in [5, 5.41) is 0. The fourth-order valence-electron chi connectivity index (χ4n) is 1.42. The number of benzene rings is 1. The third-order valence-electron chi connectivity index (χ3n) is 2.15. The quantitative estimate of drug-likeness (QED) is 0.791. The smallest absolute Gasteiger partial charge is 0.177 e. The van der Waals surface area contributed by atoms with Crippen LogP contribution in [0.5, 0.6) is 0 Å². The molecular formula is C11H14N2O. The lowest BCUT2D eigenvalue weighted by Crippen LogP contribution is -2.19. The van der Waals surface area contributed by atoms with Crippen LogP contribution in [0.25, 0.3) is 0 Å². The zero-order valence-electron chi connectivity index (χ0n) is 8.23. The van der Waals surface area contributed by atoms with Gasteiger partial charge in [-0.05, 0) is 6.42 Å². The standard InChI is InChI=1S/C11H14N2O/c1-2-6-10-12-11(13-14-10)9-7-4-3-5-8-9/h3-5,7-8,10H,2,6H2,1H3,(H,12,13). The largest absolute Gasteiger partial charge is 0.248 e. The molecule has 74 valence electrons. The van der Waals surface area contributed by atoms with E-state index in [0.717, 1.165) is 24.2 Å². The van der Waals surface area contributed by atoms with Crippen LogP contribution in [0.15, 0.2) is 35.3 Å². The van der Waals surface area contributed by atoms with E-state index in [1.807, 2.05) is 30.3 Å². The molecule has 1 N–H and O–H groups in total. The molecule has 2 rings (SSSR count). The molecule has 14 heavy (non-hydrogen) atoms. The molecule has 0 bridgehead atoms. The van der Waals surface area contributed by atoms with Crippen molar-refractivity contribution in [3.63, 3.8) is 0 Å². The zero-order chi connectivity index (χ0) is 9.80. The van der Waals surface area contributed by atoms with Crippen molar-refractivity contribution in [1.82, 2.24) is 5.48 Å². The first kappa shape index (κ1) is 9.21. The lowest BCUT2D eigenvalue weighted by Gasteiger charge is -2.01. The van der Waals surface area contributed by atoms with Crippen LogP contribution in [0.1, 0.15) is 25.3 Å². The molecule has 0 fully saturated rings. The first-order valence-electron chi connectivity index (χ1n) is 4.95. The van der Waals surface area contributed by atoms with Crippen molar-refractivity contribution in [2.45, 2.75) is 26.0 Å². The highest BCUT2D eigenvalue weighted by Gasteiger charge is 2.17. The number of hydrogen-bond donors (Lipinski definition) is 1. The number of nitrogens with zero attached hydrogens (tertiary/aromatic N) is 1. The summed E-state index contributed by atoms with van der Waals surface area (Å²) in [4.78, 5) is 9.74. The molecule has 0 radical (unpaired) electrons. The third kappa shape index (κ3) is 1.93. The van der Waals surface area contributed by atoms with Gasteiger partial charge in [0.2, 0.25) is 0 Å². The number of nitrogens with one attached hydrogen (secondary N) is 1. The van der Waals surface area contributed by atoms with Gasteiger partial charge in [0.1, 0.15) is 0 Å².